The molecule has 27 heavy (non-hydrogen) atoms. The Labute approximate surface area is 158 Å². The zero-order valence-corrected chi connectivity index (χ0v) is 15.1. The van der Waals surface area contributed by atoms with Gasteiger partial charge in [0.05, 0.1) is 12.2 Å². The van der Waals surface area contributed by atoms with E-state index in [0.717, 1.165) is 28.5 Å². The molecule has 3 heteroatoms. The second-order valence-electron chi connectivity index (χ2n) is 6.04. The van der Waals surface area contributed by atoms with Gasteiger partial charge in [-0.2, -0.15) is 0 Å². The molecule has 0 aliphatic rings. The van der Waals surface area contributed by atoms with Gasteiger partial charge in [-0.25, -0.2) is 4.79 Å². The Morgan fingerprint density at radius 3 is 1.63 bits per heavy atom. The van der Waals surface area contributed by atoms with Crippen molar-refractivity contribution in [2.45, 2.75) is 6.92 Å². The second-order valence-corrected chi connectivity index (χ2v) is 6.04. The Kier molecular flexibility index (Phi) is 5.95. The van der Waals surface area contributed by atoms with Gasteiger partial charge < -0.3 is 4.74 Å². The molecule has 0 aromatic heterocycles. The first-order valence-electron chi connectivity index (χ1n) is 8.80. The first-order valence-corrected chi connectivity index (χ1v) is 8.80. The van der Waals surface area contributed by atoms with E-state index in [-0.39, 0.29) is 5.97 Å². The van der Waals surface area contributed by atoms with E-state index >= 15 is 0 Å². The number of hydrogen-bond donors (Lipinski definition) is 0. The van der Waals surface area contributed by atoms with Crippen molar-refractivity contribution in [1.82, 2.24) is 0 Å². The van der Waals surface area contributed by atoms with Crippen molar-refractivity contribution in [3.05, 3.63) is 95.1 Å². The summed E-state index contributed by atoms with van der Waals surface area (Å²) in [7, 11) is 0. The first-order chi connectivity index (χ1) is 13.2. The van der Waals surface area contributed by atoms with Gasteiger partial charge in [0.1, 0.15) is 6.29 Å². The highest BCUT2D eigenvalue weighted by Gasteiger charge is 2.04. The Morgan fingerprint density at radius 2 is 1.19 bits per heavy atom. The lowest BCUT2D eigenvalue weighted by molar-refractivity contribution is 0.0526. The van der Waals surface area contributed by atoms with E-state index in [4.69, 9.17) is 4.74 Å². The van der Waals surface area contributed by atoms with Crippen molar-refractivity contribution in [3.63, 3.8) is 0 Å². The smallest absolute Gasteiger partial charge is 0.338 e. The standard InChI is InChI=1S/C24H20O3/c1-2-27-24(26)23-15-7-19(8-16-23)4-3-18-5-11-21(12-6-18)22-13-9-20(17-25)10-14-22/h3-17H,2H2,1H3. The largest absolute Gasteiger partial charge is 0.462 e. The fourth-order valence-corrected chi connectivity index (χ4v) is 2.68. The quantitative estimate of drug-likeness (QED) is 0.332. The lowest BCUT2D eigenvalue weighted by atomic mass is 10.0. The Hall–Kier alpha value is -3.46. The van der Waals surface area contributed by atoms with Crippen molar-refractivity contribution >= 4 is 24.4 Å². The summed E-state index contributed by atoms with van der Waals surface area (Å²) in [6.07, 6.45) is 4.87. The maximum absolute atomic E-state index is 11.7. The summed E-state index contributed by atoms with van der Waals surface area (Å²) >= 11 is 0. The molecule has 3 aromatic carbocycles. The molecular weight excluding hydrogens is 336 g/mol. The van der Waals surface area contributed by atoms with Crippen LogP contribution in [0.1, 0.15) is 38.8 Å². The third-order valence-corrected chi connectivity index (χ3v) is 4.18. The van der Waals surface area contributed by atoms with Crippen molar-refractivity contribution in [2.75, 3.05) is 6.61 Å². The number of esters is 1. The van der Waals surface area contributed by atoms with Crippen LogP contribution in [-0.4, -0.2) is 18.9 Å². The molecule has 0 aliphatic carbocycles. The van der Waals surface area contributed by atoms with Gasteiger partial charge in [0.2, 0.25) is 0 Å². The minimum atomic E-state index is -0.301. The zero-order chi connectivity index (χ0) is 19.1. The fourth-order valence-electron chi connectivity index (χ4n) is 2.68. The van der Waals surface area contributed by atoms with Crippen molar-refractivity contribution in [2.24, 2.45) is 0 Å². The van der Waals surface area contributed by atoms with Crippen LogP contribution in [0.25, 0.3) is 23.3 Å². The van der Waals surface area contributed by atoms with Crippen LogP contribution in [0.5, 0.6) is 0 Å². The summed E-state index contributed by atoms with van der Waals surface area (Å²) < 4.78 is 4.98. The lowest BCUT2D eigenvalue weighted by Gasteiger charge is -2.03. The van der Waals surface area contributed by atoms with Crippen molar-refractivity contribution in [3.8, 4) is 11.1 Å². The molecule has 0 heterocycles. The molecule has 0 amide bonds. The van der Waals surface area contributed by atoms with Crippen LogP contribution in [-0.2, 0) is 4.74 Å². The number of ether oxygens (including phenoxy) is 1. The van der Waals surface area contributed by atoms with Crippen LogP contribution in [0.4, 0.5) is 0 Å². The van der Waals surface area contributed by atoms with E-state index < -0.39 is 0 Å². The highest BCUT2D eigenvalue weighted by atomic mass is 16.5. The van der Waals surface area contributed by atoms with Gasteiger partial charge in [0.15, 0.2) is 0 Å². The van der Waals surface area contributed by atoms with Crippen LogP contribution in [0.3, 0.4) is 0 Å². The van der Waals surface area contributed by atoms with Gasteiger partial charge in [-0.3, -0.25) is 4.79 Å². The number of carbonyl (C=O) groups is 2. The number of rotatable bonds is 6. The molecule has 0 aliphatic heterocycles. The average molecular weight is 356 g/mol. The third-order valence-electron chi connectivity index (χ3n) is 4.18. The van der Waals surface area contributed by atoms with E-state index in [9.17, 15) is 9.59 Å². The topological polar surface area (TPSA) is 43.4 Å². The van der Waals surface area contributed by atoms with E-state index in [1.54, 1.807) is 19.1 Å². The minimum Gasteiger partial charge on any atom is -0.462 e. The number of carbonyl (C=O) groups excluding carboxylic acids is 2. The zero-order valence-electron chi connectivity index (χ0n) is 15.1. The van der Waals surface area contributed by atoms with E-state index in [0.29, 0.717) is 17.7 Å². The SMILES string of the molecule is CCOC(=O)c1ccc(C=Cc2ccc(-c3ccc(C=O)cc3)cc2)cc1. The molecule has 3 nitrogen and oxygen atoms in total. The Morgan fingerprint density at radius 1 is 0.741 bits per heavy atom. The van der Waals surface area contributed by atoms with Crippen LogP contribution in [0.15, 0.2) is 72.8 Å². The normalized spacial score (nSPS) is 10.7. The summed E-state index contributed by atoms with van der Waals surface area (Å²) in [4.78, 5) is 22.4. The molecule has 0 bridgehead atoms. The van der Waals surface area contributed by atoms with Gasteiger partial charge in [0.25, 0.3) is 0 Å². The predicted octanol–water partition coefficient (Wildman–Crippen LogP) is 5.51. The molecule has 0 unspecified atom stereocenters. The Balaban J connectivity index is 1.68. The molecule has 0 saturated heterocycles. The summed E-state index contributed by atoms with van der Waals surface area (Å²) in [5, 5.41) is 0. The average Bonchev–Trinajstić information content (AvgIpc) is 2.73. The van der Waals surface area contributed by atoms with E-state index in [1.165, 1.54) is 0 Å². The fraction of sp³-hybridized carbons (Fsp3) is 0.0833. The molecule has 0 saturated carbocycles. The van der Waals surface area contributed by atoms with Crippen LogP contribution >= 0.6 is 0 Å². The number of hydrogen-bond acceptors (Lipinski definition) is 3. The monoisotopic (exact) mass is 356 g/mol. The highest BCUT2D eigenvalue weighted by molar-refractivity contribution is 5.89. The summed E-state index contributed by atoms with van der Waals surface area (Å²) in [6.45, 7) is 2.16. The molecule has 0 N–H and O–H groups in total. The molecule has 134 valence electrons. The minimum absolute atomic E-state index is 0.301. The van der Waals surface area contributed by atoms with Crippen molar-refractivity contribution < 1.29 is 14.3 Å². The third kappa shape index (κ3) is 4.79. The summed E-state index contributed by atoms with van der Waals surface area (Å²) in [5.74, 6) is -0.301. The summed E-state index contributed by atoms with van der Waals surface area (Å²) in [6, 6.07) is 23.0. The molecule has 3 aromatic rings. The van der Waals surface area contributed by atoms with Gasteiger partial charge in [-0.15, -0.1) is 0 Å². The highest BCUT2D eigenvalue weighted by Crippen LogP contribution is 2.21. The maximum Gasteiger partial charge on any atom is 0.338 e. The second kappa shape index (κ2) is 8.77. The summed E-state index contributed by atoms with van der Waals surface area (Å²) in [5.41, 5.74) is 5.50. The van der Waals surface area contributed by atoms with Crippen LogP contribution in [0.2, 0.25) is 0 Å². The van der Waals surface area contributed by atoms with Crippen LogP contribution in [0, 0.1) is 0 Å². The van der Waals surface area contributed by atoms with E-state index in [2.05, 4.69) is 12.1 Å². The number of benzene rings is 3. The molecule has 0 spiro atoms. The lowest BCUT2D eigenvalue weighted by Crippen LogP contribution is -2.03. The molecule has 0 radical (unpaired) electrons. The molecule has 0 fully saturated rings. The van der Waals surface area contributed by atoms with Crippen molar-refractivity contribution in [1.29, 1.82) is 0 Å². The van der Waals surface area contributed by atoms with E-state index in [1.807, 2.05) is 60.7 Å². The predicted molar refractivity (Wildman–Crippen MR) is 109 cm³/mol. The van der Waals surface area contributed by atoms with Gasteiger partial charge >= 0.3 is 5.97 Å². The Bertz CT molecular complexity index is 934. The van der Waals surface area contributed by atoms with Crippen LogP contribution < -0.4 is 0 Å². The number of aldehydes is 1. The first kappa shape index (κ1) is 18.3. The van der Waals surface area contributed by atoms with Gasteiger partial charge in [0, 0.05) is 5.56 Å². The molecule has 0 atom stereocenters. The maximum atomic E-state index is 11.7. The molecular formula is C24H20O3. The van der Waals surface area contributed by atoms with Gasteiger partial charge in [-0.1, -0.05) is 72.8 Å². The van der Waals surface area contributed by atoms with Gasteiger partial charge in [-0.05, 0) is 41.3 Å². The molecule has 3 rings (SSSR count).